The van der Waals surface area contributed by atoms with Gasteiger partial charge in [0.25, 0.3) is 0 Å². The molecule has 5 rings (SSSR count). The molecule has 594 valence electrons. The van der Waals surface area contributed by atoms with E-state index in [0.29, 0.717) is 5.56 Å². The number of rotatable bonds is 40. The monoisotopic (exact) mass is 1540 g/mol. The quantitative estimate of drug-likeness (QED) is 0.0167. The van der Waals surface area contributed by atoms with Crippen molar-refractivity contribution >= 4 is 93.3 Å². The van der Waals surface area contributed by atoms with E-state index < -0.39 is 260 Å². The Morgan fingerprint density at radius 3 is 1.70 bits per heavy atom. The number of carbonyl (C=O) groups excluding carboxylic acids is 10. The third kappa shape index (κ3) is 27.6. The zero-order valence-corrected chi connectivity index (χ0v) is 59.7. The molecule has 0 aliphatic carbocycles. The molecule has 3 saturated heterocycles. The minimum Gasteiger partial charge on any atom is -0.862 e. The number of aliphatic hydroxyl groups is 5. The fourth-order valence-corrected chi connectivity index (χ4v) is 12.2. The molecule has 0 aromatic heterocycles. The van der Waals surface area contributed by atoms with Gasteiger partial charge < -0.3 is 122 Å². The van der Waals surface area contributed by atoms with Crippen molar-refractivity contribution in [2.24, 2.45) is 16.6 Å². The van der Waals surface area contributed by atoms with Crippen molar-refractivity contribution in [3.05, 3.63) is 65.7 Å². The van der Waals surface area contributed by atoms with E-state index in [1.807, 2.05) is 0 Å². The predicted octanol–water partition coefficient (Wildman–Crippen LogP) is -7.25. The van der Waals surface area contributed by atoms with E-state index in [-0.39, 0.29) is 50.0 Å². The summed E-state index contributed by atoms with van der Waals surface area (Å²) in [5.41, 5.74) is 6.21. The lowest BCUT2D eigenvalue weighted by molar-refractivity contribution is -0.308. The van der Waals surface area contributed by atoms with E-state index in [4.69, 9.17) is 29.2 Å². The number of carboxylic acids is 3. The molecule has 10 amide bonds. The Morgan fingerprint density at radius 1 is 0.636 bits per heavy atom. The van der Waals surface area contributed by atoms with Crippen LogP contribution in [-0.2, 0) is 105 Å². The number of hydrogen-bond acceptors (Lipinski definition) is 27. The van der Waals surface area contributed by atoms with Gasteiger partial charge in [-0.05, 0) is 81.0 Å². The van der Waals surface area contributed by atoms with E-state index in [0.717, 1.165) is 44.7 Å². The molecule has 2 aromatic carbocycles. The molecule has 3 aliphatic rings. The van der Waals surface area contributed by atoms with Gasteiger partial charge in [0.2, 0.25) is 59.1 Å². The van der Waals surface area contributed by atoms with Crippen LogP contribution in [0.4, 0.5) is 0 Å². The van der Waals surface area contributed by atoms with Crippen LogP contribution in [0.25, 0.3) is 0 Å². The summed E-state index contributed by atoms with van der Waals surface area (Å²) in [7, 11) is -4.92. The summed E-state index contributed by atoms with van der Waals surface area (Å²) in [5, 5.41) is 115. The van der Waals surface area contributed by atoms with Crippen LogP contribution < -0.4 is 57.6 Å². The van der Waals surface area contributed by atoms with Gasteiger partial charge in [0, 0.05) is 46.1 Å². The Balaban J connectivity index is 1.43. The molecular weight excluding hydrogens is 1450 g/mol. The normalized spacial score (nSPS) is 23.9. The van der Waals surface area contributed by atoms with Crippen LogP contribution in [0.15, 0.2) is 59.6 Å². The molecule has 41 nitrogen and oxygen atoms in total. The van der Waals surface area contributed by atoms with E-state index >= 15 is 0 Å². The lowest BCUT2D eigenvalue weighted by Crippen LogP contribution is -2.67. The number of likely N-dealkylation sites (tertiary alicyclic amines) is 1. The van der Waals surface area contributed by atoms with Crippen LogP contribution in [0.3, 0.4) is 0 Å². The average Bonchev–Trinajstić information content (AvgIpc) is 0.851. The molecule has 0 spiro atoms. The van der Waals surface area contributed by atoms with Crippen molar-refractivity contribution in [1.29, 1.82) is 0 Å². The fourth-order valence-electron chi connectivity index (χ4n) is 11.8. The van der Waals surface area contributed by atoms with Crippen LogP contribution in [-0.4, -0.2) is 277 Å². The Bertz CT molecular complexity index is 3610. The van der Waals surface area contributed by atoms with Gasteiger partial charge in [-0.2, -0.15) is 8.42 Å². The predicted molar refractivity (Wildman–Crippen MR) is 360 cm³/mol. The highest BCUT2D eigenvalue weighted by molar-refractivity contribution is 7.81. The van der Waals surface area contributed by atoms with Crippen LogP contribution in [0.5, 0.6) is 5.75 Å². The van der Waals surface area contributed by atoms with Crippen molar-refractivity contribution in [3.8, 4) is 5.75 Å². The Hall–Kier alpha value is -9.63. The van der Waals surface area contributed by atoms with Gasteiger partial charge in [-0.1, -0.05) is 56.3 Å². The lowest BCUT2D eigenvalue weighted by Gasteiger charge is -2.45. The van der Waals surface area contributed by atoms with Gasteiger partial charge in [-0.15, -0.1) is 0 Å². The Morgan fingerprint density at radius 2 is 1.16 bits per heavy atom. The van der Waals surface area contributed by atoms with Crippen molar-refractivity contribution in [1.82, 2.24) is 47.4 Å². The molecule has 0 radical (unpaired) electrons. The second-order valence-electron chi connectivity index (χ2n) is 26.0. The standard InChI is InChI=1S/C65H93N11O30S/c1-29(2)23-42(74-59(94)40(24-34-11-8-7-9-12-34)72-60(95)41(26-48(85)86)73-58(93)39(67-31(4)78)25-35-14-16-36(17-15-35)106-107(99,100)101)63(98)76-22-10-13-43(76)61(96)71-38(19-21-47(83)84)57(92)75-49(62(97)70-37(56(66)91)18-20-46(81)82)30(3)103-65-51(69-33(6)80)55(90)53(88)45(105-65)28-102-64-50(68-32(5)79)54(89)52(87)44(27-77)104-64/h7-9,11-12,14-17,29-30,37-45,49-55,64-65,77,87-90H,10,13,18-28H2,1-6H3,(H2,66,91)(H,67,78)(H,68,79)(H,69,80)(H,70,97)(H,71,96)(H,72,95)(H,73,93)(H,74,94)(H,75,92)(H,81,82)(H,83,84)(H,85,86)(H,99,100,101)/p-1/t30-,37+,38+,39+,40+,41+,42+,43+,44-,45-,49+,50-,51-,52-,53+,54-,55-,64-,65+/m1/s1. The fraction of sp³-hybridized carbons (Fsp3) is 0.600. The number of ether oxygens (including phenoxy) is 4. The molecular formula is C65H92N11O30S-. The first kappa shape index (κ1) is 88.0. The smallest absolute Gasteiger partial charge is 0.446 e. The summed E-state index contributed by atoms with van der Waals surface area (Å²) in [5.74, 6) is -17.1. The molecule has 0 unspecified atom stereocenters. The number of nitrogens with zero attached hydrogens (tertiary/aromatic N) is 2. The number of benzene rings is 2. The van der Waals surface area contributed by atoms with Crippen LogP contribution in [0.2, 0.25) is 0 Å². The molecule has 2 aromatic rings. The summed E-state index contributed by atoms with van der Waals surface area (Å²) in [6.07, 6.45) is -21.2. The van der Waals surface area contributed by atoms with Gasteiger partial charge in [0.15, 0.2) is 12.6 Å². The highest BCUT2D eigenvalue weighted by atomic mass is 32.3. The average molecular weight is 1540 g/mol. The zero-order chi connectivity index (χ0) is 79.9. The van der Waals surface area contributed by atoms with Gasteiger partial charge in [0.1, 0.15) is 103 Å². The number of nitrogens with two attached hydrogens (primary N) is 1. The topological polar surface area (TPSA) is 645 Å². The minimum absolute atomic E-state index is 0.114. The van der Waals surface area contributed by atoms with Gasteiger partial charge in [-0.25, -0.2) is 0 Å². The van der Waals surface area contributed by atoms with Gasteiger partial charge >= 0.3 is 28.3 Å². The first-order valence-electron chi connectivity index (χ1n) is 33.7. The highest BCUT2D eigenvalue weighted by Gasteiger charge is 2.51. The van der Waals surface area contributed by atoms with E-state index in [9.17, 15) is 117 Å². The lowest BCUT2D eigenvalue weighted by atomic mass is 9.96. The van der Waals surface area contributed by atoms with E-state index in [2.05, 4.69) is 51.7 Å². The molecule has 0 bridgehead atoms. The Labute approximate surface area is 612 Å². The second kappa shape index (κ2) is 40.9. The van der Waals surface area contributed by atoms with E-state index in [1.165, 1.54) is 12.1 Å². The molecule has 3 fully saturated rings. The minimum atomic E-state index is -4.92. The number of amides is 10. The summed E-state index contributed by atoms with van der Waals surface area (Å²) < 4.78 is 59.4. The number of primary amides is 1. The van der Waals surface area contributed by atoms with Crippen molar-refractivity contribution in [2.75, 3.05) is 19.8 Å². The molecule has 0 saturated carbocycles. The maximum absolute atomic E-state index is 14.9. The first-order chi connectivity index (χ1) is 50.2. The number of carbonyl (C=O) groups is 13. The molecule has 3 heterocycles. The number of aliphatic imine (C=N–C) groups is 1. The van der Waals surface area contributed by atoms with Crippen molar-refractivity contribution < 1.29 is 144 Å². The van der Waals surface area contributed by atoms with Crippen LogP contribution in [0, 0.1) is 5.92 Å². The number of carboxylic acid groups (broad SMARTS) is 3. The summed E-state index contributed by atoms with van der Waals surface area (Å²) in [6, 6.07) is -4.70. The third-order valence-corrected chi connectivity index (χ3v) is 17.4. The molecule has 3 aliphatic heterocycles. The first-order valence-corrected chi connectivity index (χ1v) is 35.1. The highest BCUT2D eigenvalue weighted by Crippen LogP contribution is 2.29. The molecule has 19 atom stereocenters. The summed E-state index contributed by atoms with van der Waals surface area (Å²) >= 11 is 0. The van der Waals surface area contributed by atoms with Gasteiger partial charge in [0.05, 0.1) is 25.7 Å². The number of aliphatic hydroxyl groups excluding tert-OH is 5. The number of hydrogen-bond donors (Lipinski definition) is 18. The SMILES string of the molecule is CC(=O)N[C@H]1[C@@H](O[C@H](C)[C@H](NC(=O)[C@H](CCC(=O)O)NC(=O)[C@@H]2CCCN2C(=O)[C@H](CC(C)C)NC(=O)[C@H](Cc2ccccc2)NC(=O)[C@H](CC(=O)O)NC(=O)[C@H](Cc2ccc(OS(=O)(=O)O)cc2)N=C(C)[O-])C(=O)N[C@@H](CCC(=O)O)C(N)=O)O[C@H](CO[C@@H]2O[C@H](CO)[C@@H](O)[C@H](O)[C@H]2NC(C)=O)[C@H](O)[C@@H]1O. The second-order valence-corrected chi connectivity index (χ2v) is 27.1. The zero-order valence-electron chi connectivity index (χ0n) is 58.9. The Kier molecular flexibility index (Phi) is 33.6. The summed E-state index contributed by atoms with van der Waals surface area (Å²) in [6.45, 7) is 5.65. The van der Waals surface area contributed by atoms with Crippen LogP contribution >= 0.6 is 0 Å². The van der Waals surface area contributed by atoms with Gasteiger partial charge in [-0.3, -0.25) is 71.9 Å². The third-order valence-electron chi connectivity index (χ3n) is 17.0. The van der Waals surface area contributed by atoms with Crippen molar-refractivity contribution in [2.45, 2.75) is 221 Å². The van der Waals surface area contributed by atoms with E-state index in [1.54, 1.807) is 44.2 Å². The molecule has 107 heavy (non-hydrogen) atoms. The van der Waals surface area contributed by atoms with Crippen LogP contribution in [0.1, 0.15) is 104 Å². The number of aliphatic carboxylic acids is 3. The molecule has 42 heteroatoms. The summed E-state index contributed by atoms with van der Waals surface area (Å²) in [4.78, 5) is 180. The largest absolute Gasteiger partial charge is 0.862 e. The number of nitrogens with one attached hydrogen (secondary N) is 8. The maximum Gasteiger partial charge on any atom is 0.446 e. The van der Waals surface area contributed by atoms with Crippen molar-refractivity contribution in [3.63, 3.8) is 0 Å². The molecule has 19 N–H and O–H groups in total. The maximum atomic E-state index is 14.9.